The number of hydrogen-bond donors (Lipinski definition) is 0. The minimum absolute atomic E-state index is 0.0129. The first kappa shape index (κ1) is 26.0. The van der Waals surface area contributed by atoms with Gasteiger partial charge in [0.2, 0.25) is 0 Å². The molecule has 0 saturated heterocycles. The molecule has 2 aromatic carbocycles. The molecule has 0 unspecified atom stereocenters. The van der Waals surface area contributed by atoms with E-state index in [1.54, 1.807) is 56.0 Å². The molecule has 0 aromatic heterocycles. The zero-order valence-corrected chi connectivity index (χ0v) is 20.6. The summed E-state index contributed by atoms with van der Waals surface area (Å²) in [6.07, 6.45) is 0.250. The highest BCUT2D eigenvalue weighted by Crippen LogP contribution is 2.40. The number of amides is 2. The smallest absolute Gasteiger partial charge is 0.282 e. The molecule has 1 aliphatic rings. The van der Waals surface area contributed by atoms with Crippen molar-refractivity contribution in [1.29, 1.82) is 0 Å². The van der Waals surface area contributed by atoms with Crippen LogP contribution in [-0.2, 0) is 16.2 Å². The van der Waals surface area contributed by atoms with E-state index in [0.717, 1.165) is 0 Å². The molecule has 2 aromatic rings. The van der Waals surface area contributed by atoms with Gasteiger partial charge < -0.3 is 14.4 Å². The SMILES string of the molecule is CCOc1cc([C@@H](CCC(=O)[N]OC(C)(C)C)N2Cc3cccc([N+](=O)[O-])c3C2=O)ccc1OC. The number of methoxy groups -OCH3 is 1. The topological polar surface area (TPSA) is 122 Å². The predicted octanol–water partition coefficient (Wildman–Crippen LogP) is 4.34. The summed E-state index contributed by atoms with van der Waals surface area (Å²) >= 11 is 0. The normalized spacial score (nSPS) is 13.9. The monoisotopic (exact) mass is 484 g/mol. The number of ether oxygens (including phenoxy) is 2. The Labute approximate surface area is 204 Å². The predicted molar refractivity (Wildman–Crippen MR) is 127 cm³/mol. The summed E-state index contributed by atoms with van der Waals surface area (Å²) in [4.78, 5) is 43.6. The number of fused-ring (bicyclic) bond motifs is 1. The maximum Gasteiger partial charge on any atom is 0.282 e. The first-order chi connectivity index (χ1) is 16.6. The van der Waals surface area contributed by atoms with Gasteiger partial charge in [-0.1, -0.05) is 23.7 Å². The maximum absolute atomic E-state index is 13.4. The zero-order valence-electron chi connectivity index (χ0n) is 20.6. The van der Waals surface area contributed by atoms with Gasteiger partial charge in [-0.2, -0.15) is 0 Å². The standard InChI is InChI=1S/C25H30N3O7/c1-6-34-21-14-16(10-12-20(21)33-5)18(11-13-22(29)26-35-25(2,3)4)27-15-17-8-7-9-19(28(31)32)23(17)24(27)30/h7-10,12,14,18H,6,11,13,15H2,1-5H3/t18-/m1/s1. The number of benzene rings is 2. The number of hydrogen-bond acceptors (Lipinski definition) is 7. The lowest BCUT2D eigenvalue weighted by Crippen LogP contribution is -2.32. The van der Waals surface area contributed by atoms with Crippen LogP contribution in [-0.4, -0.2) is 41.0 Å². The van der Waals surface area contributed by atoms with Crippen molar-refractivity contribution in [3.05, 3.63) is 63.2 Å². The van der Waals surface area contributed by atoms with E-state index in [2.05, 4.69) is 5.48 Å². The van der Waals surface area contributed by atoms with Gasteiger partial charge in [-0.3, -0.25) is 19.7 Å². The second-order valence-electron chi connectivity index (χ2n) is 9.09. The van der Waals surface area contributed by atoms with Crippen molar-refractivity contribution >= 4 is 17.5 Å². The maximum atomic E-state index is 13.4. The van der Waals surface area contributed by atoms with Crippen LogP contribution < -0.4 is 15.0 Å². The van der Waals surface area contributed by atoms with E-state index in [9.17, 15) is 19.7 Å². The summed E-state index contributed by atoms with van der Waals surface area (Å²) in [5.74, 6) is 0.116. The van der Waals surface area contributed by atoms with Gasteiger partial charge in [0.25, 0.3) is 17.5 Å². The fourth-order valence-corrected chi connectivity index (χ4v) is 3.93. The Morgan fingerprint density at radius 2 is 1.97 bits per heavy atom. The fraction of sp³-hybridized carbons (Fsp3) is 0.440. The molecule has 0 fully saturated rings. The van der Waals surface area contributed by atoms with Crippen LogP contribution in [0.3, 0.4) is 0 Å². The molecular weight excluding hydrogens is 454 g/mol. The number of rotatable bonds is 10. The Balaban J connectivity index is 1.94. The first-order valence-electron chi connectivity index (χ1n) is 11.4. The molecule has 1 radical (unpaired) electrons. The molecule has 0 N–H and O–H groups in total. The number of hydroxylamine groups is 1. The Morgan fingerprint density at radius 3 is 2.60 bits per heavy atom. The lowest BCUT2D eigenvalue weighted by atomic mass is 9.99. The third kappa shape index (κ3) is 6.07. The van der Waals surface area contributed by atoms with Crippen molar-refractivity contribution in [2.75, 3.05) is 13.7 Å². The lowest BCUT2D eigenvalue weighted by Gasteiger charge is -2.29. The van der Waals surface area contributed by atoms with Gasteiger partial charge >= 0.3 is 0 Å². The zero-order chi connectivity index (χ0) is 25.8. The molecular formula is C25H30N3O7. The summed E-state index contributed by atoms with van der Waals surface area (Å²) in [6, 6.07) is 9.33. The summed E-state index contributed by atoms with van der Waals surface area (Å²) in [5.41, 5.74) is 4.20. The van der Waals surface area contributed by atoms with E-state index in [4.69, 9.17) is 14.3 Å². The fourth-order valence-electron chi connectivity index (χ4n) is 3.93. The van der Waals surface area contributed by atoms with Gasteiger partial charge in [-0.25, -0.2) is 4.84 Å². The van der Waals surface area contributed by atoms with Crippen molar-refractivity contribution in [2.45, 2.75) is 58.7 Å². The van der Waals surface area contributed by atoms with Crippen molar-refractivity contribution in [3.63, 3.8) is 0 Å². The van der Waals surface area contributed by atoms with E-state index >= 15 is 0 Å². The molecule has 1 heterocycles. The van der Waals surface area contributed by atoms with Gasteiger partial charge in [-0.05, 0) is 57.4 Å². The largest absolute Gasteiger partial charge is 0.493 e. The van der Waals surface area contributed by atoms with E-state index < -0.39 is 28.4 Å². The number of carbonyl (C=O) groups is 2. The summed E-state index contributed by atoms with van der Waals surface area (Å²) in [5, 5.41) is 11.5. The van der Waals surface area contributed by atoms with Crippen LogP contribution in [0.5, 0.6) is 11.5 Å². The van der Waals surface area contributed by atoms with Crippen LogP contribution in [0.25, 0.3) is 0 Å². The average Bonchev–Trinajstić information content (AvgIpc) is 3.14. The Morgan fingerprint density at radius 1 is 1.23 bits per heavy atom. The highest BCUT2D eigenvalue weighted by atomic mass is 16.7. The molecule has 3 rings (SSSR count). The number of nitrogens with zero attached hydrogens (tertiary/aromatic N) is 3. The van der Waals surface area contributed by atoms with Crippen LogP contribution in [0.15, 0.2) is 36.4 Å². The molecule has 0 aliphatic carbocycles. The molecule has 1 aliphatic heterocycles. The van der Waals surface area contributed by atoms with Gasteiger partial charge in [0.1, 0.15) is 5.56 Å². The van der Waals surface area contributed by atoms with Gasteiger partial charge in [-0.15, -0.1) is 0 Å². The quantitative estimate of drug-likeness (QED) is 0.363. The van der Waals surface area contributed by atoms with Gasteiger partial charge in [0.05, 0.1) is 30.3 Å². The summed E-state index contributed by atoms with van der Waals surface area (Å²) in [7, 11) is 1.53. The van der Waals surface area contributed by atoms with Crippen molar-refractivity contribution in [1.82, 2.24) is 10.4 Å². The molecule has 1 atom stereocenters. The summed E-state index contributed by atoms with van der Waals surface area (Å²) in [6.45, 7) is 7.79. The van der Waals surface area contributed by atoms with Crippen molar-refractivity contribution in [3.8, 4) is 11.5 Å². The van der Waals surface area contributed by atoms with E-state index in [0.29, 0.717) is 29.2 Å². The lowest BCUT2D eigenvalue weighted by molar-refractivity contribution is -0.385. The number of nitro benzene ring substituents is 1. The molecule has 0 saturated carbocycles. The van der Waals surface area contributed by atoms with E-state index in [1.165, 1.54) is 13.2 Å². The highest BCUT2D eigenvalue weighted by Gasteiger charge is 2.38. The van der Waals surface area contributed by atoms with Crippen LogP contribution in [0, 0.1) is 10.1 Å². The molecule has 2 amide bonds. The molecule has 35 heavy (non-hydrogen) atoms. The second-order valence-corrected chi connectivity index (χ2v) is 9.09. The summed E-state index contributed by atoms with van der Waals surface area (Å²) < 4.78 is 11.1. The van der Waals surface area contributed by atoms with Crippen LogP contribution in [0.4, 0.5) is 5.69 Å². The Hall–Kier alpha value is -3.66. The van der Waals surface area contributed by atoms with Crippen LogP contribution in [0.2, 0.25) is 0 Å². The average molecular weight is 485 g/mol. The van der Waals surface area contributed by atoms with E-state index in [1.807, 2.05) is 6.92 Å². The Kier molecular flexibility index (Phi) is 7.96. The minimum Gasteiger partial charge on any atom is -0.493 e. The molecule has 187 valence electrons. The van der Waals surface area contributed by atoms with Crippen LogP contribution >= 0.6 is 0 Å². The second kappa shape index (κ2) is 10.7. The number of carbonyl (C=O) groups excluding carboxylic acids is 2. The Bertz CT molecular complexity index is 1110. The first-order valence-corrected chi connectivity index (χ1v) is 11.4. The van der Waals surface area contributed by atoms with Gasteiger partial charge in [0.15, 0.2) is 11.5 Å². The molecule has 10 nitrogen and oxygen atoms in total. The molecule has 10 heteroatoms. The third-order valence-corrected chi connectivity index (χ3v) is 5.44. The molecule has 0 spiro atoms. The van der Waals surface area contributed by atoms with Crippen LogP contribution in [0.1, 0.15) is 68.1 Å². The van der Waals surface area contributed by atoms with Gasteiger partial charge in [0, 0.05) is 19.0 Å². The highest BCUT2D eigenvalue weighted by molar-refractivity contribution is 6.02. The van der Waals surface area contributed by atoms with E-state index in [-0.39, 0.29) is 30.6 Å². The number of nitro groups is 1. The third-order valence-electron chi connectivity index (χ3n) is 5.44. The van der Waals surface area contributed by atoms with Crippen molar-refractivity contribution < 1.29 is 28.8 Å². The van der Waals surface area contributed by atoms with Crippen molar-refractivity contribution in [2.24, 2.45) is 0 Å². The molecule has 0 bridgehead atoms. The minimum atomic E-state index is -0.608.